The quantitative estimate of drug-likeness (QED) is 0.477. The number of aryl methyl sites for hydroxylation is 1. The second kappa shape index (κ2) is 7.39. The van der Waals surface area contributed by atoms with Crippen molar-refractivity contribution in [3.8, 4) is 11.3 Å². The molecule has 1 aliphatic heterocycles. The summed E-state index contributed by atoms with van der Waals surface area (Å²) in [6, 6.07) is 7.53. The van der Waals surface area contributed by atoms with Crippen LogP contribution in [0.1, 0.15) is 23.1 Å². The predicted molar refractivity (Wildman–Crippen MR) is 116 cm³/mol. The molecular weight excluding hydrogens is 461 g/mol. The van der Waals surface area contributed by atoms with Crippen molar-refractivity contribution in [2.45, 2.75) is 18.8 Å². The van der Waals surface area contributed by atoms with Crippen molar-refractivity contribution < 1.29 is 17.6 Å². The Hall–Kier alpha value is -3.24. The summed E-state index contributed by atoms with van der Waals surface area (Å²) in [6.07, 6.45) is -4.55. The summed E-state index contributed by atoms with van der Waals surface area (Å²) in [7, 11) is 2.88. The van der Waals surface area contributed by atoms with Crippen LogP contribution in [-0.4, -0.2) is 20.2 Å². The highest BCUT2D eigenvalue weighted by atomic mass is 35.5. The average Bonchev–Trinajstić information content (AvgIpc) is 3.37. The summed E-state index contributed by atoms with van der Waals surface area (Å²) in [6.45, 7) is 0.828. The molecule has 0 aliphatic carbocycles. The Balaban J connectivity index is 1.93. The minimum atomic E-state index is -4.55. The van der Waals surface area contributed by atoms with Gasteiger partial charge in [0, 0.05) is 27.2 Å². The van der Waals surface area contributed by atoms with Gasteiger partial charge in [-0.25, -0.2) is 4.79 Å². The Morgan fingerprint density at radius 1 is 1.12 bits per heavy atom. The van der Waals surface area contributed by atoms with Gasteiger partial charge < -0.3 is 14.3 Å². The van der Waals surface area contributed by atoms with Crippen LogP contribution >= 0.6 is 11.6 Å². The van der Waals surface area contributed by atoms with Crippen LogP contribution in [0.25, 0.3) is 22.2 Å². The van der Waals surface area contributed by atoms with Crippen LogP contribution in [0.15, 0.2) is 50.4 Å². The summed E-state index contributed by atoms with van der Waals surface area (Å²) >= 11 is 5.97. The third-order valence-electron chi connectivity index (χ3n) is 6.00. The van der Waals surface area contributed by atoms with E-state index in [1.54, 1.807) is 16.7 Å². The zero-order valence-corrected chi connectivity index (χ0v) is 18.3. The number of fused-ring (bicyclic) bond motifs is 3. The first-order valence-corrected chi connectivity index (χ1v) is 10.5. The van der Waals surface area contributed by atoms with Gasteiger partial charge in [0.2, 0.25) is 0 Å². The Morgan fingerprint density at radius 3 is 2.55 bits per heavy atom. The fourth-order valence-corrected chi connectivity index (χ4v) is 4.70. The van der Waals surface area contributed by atoms with E-state index in [9.17, 15) is 22.8 Å². The van der Waals surface area contributed by atoms with Crippen LogP contribution in [0.3, 0.4) is 0 Å². The van der Waals surface area contributed by atoms with Gasteiger partial charge in [0.15, 0.2) is 5.22 Å². The highest BCUT2D eigenvalue weighted by Crippen LogP contribution is 2.40. The van der Waals surface area contributed by atoms with Gasteiger partial charge in [0.05, 0.1) is 27.9 Å². The number of furan rings is 1. The molecule has 172 valence electrons. The zero-order valence-electron chi connectivity index (χ0n) is 17.5. The van der Waals surface area contributed by atoms with Gasteiger partial charge in [-0.1, -0.05) is 12.1 Å². The Bertz CT molecular complexity index is 1530. The first-order valence-electron chi connectivity index (χ1n) is 10.1. The van der Waals surface area contributed by atoms with Crippen molar-refractivity contribution in [3.05, 3.63) is 79.5 Å². The molecule has 33 heavy (non-hydrogen) atoms. The van der Waals surface area contributed by atoms with Crippen LogP contribution in [0.5, 0.6) is 0 Å². The molecule has 4 heterocycles. The van der Waals surface area contributed by atoms with Gasteiger partial charge in [-0.05, 0) is 41.4 Å². The zero-order chi connectivity index (χ0) is 23.7. The first-order chi connectivity index (χ1) is 15.6. The van der Waals surface area contributed by atoms with Crippen molar-refractivity contribution in [3.63, 3.8) is 0 Å². The lowest BCUT2D eigenvalue weighted by Gasteiger charge is -2.27. The summed E-state index contributed by atoms with van der Waals surface area (Å²) in [5.74, 6) is 0.462. The third kappa shape index (κ3) is 3.24. The van der Waals surface area contributed by atoms with E-state index in [4.69, 9.17) is 16.0 Å². The molecule has 1 unspecified atom stereocenters. The van der Waals surface area contributed by atoms with Crippen LogP contribution in [-0.2, 0) is 26.8 Å². The molecule has 0 bridgehead atoms. The minimum absolute atomic E-state index is 0.167. The number of hydrogen-bond donors (Lipinski definition) is 1. The van der Waals surface area contributed by atoms with Gasteiger partial charge in [-0.2, -0.15) is 13.2 Å². The number of benzene rings is 1. The molecule has 11 heteroatoms. The highest BCUT2D eigenvalue weighted by Gasteiger charge is 2.35. The molecule has 0 amide bonds. The smallest absolute Gasteiger partial charge is 0.416 e. The Labute approximate surface area is 189 Å². The van der Waals surface area contributed by atoms with Crippen molar-refractivity contribution in [1.82, 2.24) is 19.0 Å². The van der Waals surface area contributed by atoms with E-state index >= 15 is 0 Å². The lowest BCUT2D eigenvalue weighted by Crippen LogP contribution is -2.38. The third-order valence-corrected chi connectivity index (χ3v) is 6.21. The number of rotatable bonds is 2. The largest absolute Gasteiger partial charge is 0.448 e. The fraction of sp³-hybridized carbons (Fsp3) is 0.273. The molecule has 4 aromatic rings. The van der Waals surface area contributed by atoms with E-state index in [2.05, 4.69) is 5.32 Å². The lowest BCUT2D eigenvalue weighted by atomic mass is 10.1. The SMILES string of the molecule is Cn1c(=O)c2c(-c3cccc(C(F)(F)F)c3)n3c(c2n(C)c1=O)C(c1ccc(Cl)o1)NCC3. The van der Waals surface area contributed by atoms with Crippen molar-refractivity contribution in [1.29, 1.82) is 0 Å². The van der Waals surface area contributed by atoms with E-state index in [-0.39, 0.29) is 16.2 Å². The second-order valence-electron chi connectivity index (χ2n) is 7.92. The van der Waals surface area contributed by atoms with Gasteiger partial charge in [0.1, 0.15) is 11.8 Å². The van der Waals surface area contributed by atoms with Crippen LogP contribution in [0.4, 0.5) is 13.2 Å². The maximum atomic E-state index is 13.5. The van der Waals surface area contributed by atoms with E-state index in [1.165, 1.54) is 30.8 Å². The van der Waals surface area contributed by atoms with Gasteiger partial charge in [-0.15, -0.1) is 0 Å². The topological polar surface area (TPSA) is 74.1 Å². The van der Waals surface area contributed by atoms with Gasteiger partial charge in [0.25, 0.3) is 5.56 Å². The Morgan fingerprint density at radius 2 is 1.88 bits per heavy atom. The molecule has 1 aromatic carbocycles. The van der Waals surface area contributed by atoms with E-state index in [1.807, 2.05) is 0 Å². The molecule has 0 saturated heterocycles. The van der Waals surface area contributed by atoms with Crippen molar-refractivity contribution in [2.75, 3.05) is 6.54 Å². The summed E-state index contributed by atoms with van der Waals surface area (Å²) in [4.78, 5) is 26.1. The summed E-state index contributed by atoms with van der Waals surface area (Å²) in [5, 5.41) is 3.64. The number of hydrogen-bond acceptors (Lipinski definition) is 4. The number of nitrogens with zero attached hydrogens (tertiary/aromatic N) is 3. The maximum absolute atomic E-state index is 13.5. The van der Waals surface area contributed by atoms with Crippen LogP contribution in [0, 0.1) is 0 Å². The molecule has 1 aliphatic rings. The molecule has 5 rings (SSSR count). The first kappa shape index (κ1) is 21.6. The molecule has 0 saturated carbocycles. The molecule has 0 fully saturated rings. The predicted octanol–water partition coefficient (Wildman–Crippen LogP) is 3.66. The molecule has 0 spiro atoms. The summed E-state index contributed by atoms with van der Waals surface area (Å²) < 4.78 is 50.1. The van der Waals surface area contributed by atoms with Crippen LogP contribution in [0.2, 0.25) is 5.22 Å². The fourth-order valence-electron chi connectivity index (χ4n) is 4.54. The van der Waals surface area contributed by atoms with Crippen molar-refractivity contribution in [2.24, 2.45) is 14.1 Å². The monoisotopic (exact) mass is 478 g/mol. The number of nitrogens with one attached hydrogen (secondary N) is 1. The standard InChI is InChI=1S/C22H18ClF3N4O3/c1-28-18-15(20(31)29(2)21(28)32)17(11-4-3-5-12(10-11)22(24,25)26)30-9-8-27-16(19(18)30)13-6-7-14(23)33-13/h3-7,10,16,27H,8-9H2,1-2H3. The van der Waals surface area contributed by atoms with E-state index in [0.29, 0.717) is 35.8 Å². The van der Waals surface area contributed by atoms with Gasteiger partial charge in [-0.3, -0.25) is 13.9 Å². The highest BCUT2D eigenvalue weighted by molar-refractivity contribution is 6.28. The molecule has 0 radical (unpaired) electrons. The number of alkyl halides is 3. The van der Waals surface area contributed by atoms with E-state index < -0.39 is 29.0 Å². The summed E-state index contributed by atoms with van der Waals surface area (Å²) in [5.41, 5.74) is -0.515. The number of halogens is 4. The molecule has 3 aromatic heterocycles. The average molecular weight is 479 g/mol. The second-order valence-corrected chi connectivity index (χ2v) is 8.29. The molecule has 7 nitrogen and oxygen atoms in total. The van der Waals surface area contributed by atoms with E-state index in [0.717, 1.165) is 16.7 Å². The normalized spacial score (nSPS) is 16.4. The van der Waals surface area contributed by atoms with Crippen LogP contribution < -0.4 is 16.6 Å². The molecule has 1 N–H and O–H groups in total. The molecule has 1 atom stereocenters. The lowest BCUT2D eigenvalue weighted by molar-refractivity contribution is -0.137. The molecular formula is C22H18ClF3N4O3. The van der Waals surface area contributed by atoms with Crippen molar-refractivity contribution >= 4 is 22.5 Å². The minimum Gasteiger partial charge on any atom is -0.448 e. The number of aromatic nitrogens is 3. The Kier molecular flexibility index (Phi) is 4.84. The van der Waals surface area contributed by atoms with Gasteiger partial charge >= 0.3 is 11.9 Å². The maximum Gasteiger partial charge on any atom is 0.416 e.